The van der Waals surface area contributed by atoms with Crippen LogP contribution >= 0.6 is 11.6 Å². The van der Waals surface area contributed by atoms with Crippen LogP contribution in [0.3, 0.4) is 0 Å². The van der Waals surface area contributed by atoms with Crippen LogP contribution in [-0.2, 0) is 6.54 Å². The SMILES string of the molecule is CCC(NC(=O)c1ccncc1)c1nc2ccccc2n1Cc1ccc(Cl)cc1. The molecule has 1 unspecified atom stereocenters. The normalized spacial score (nSPS) is 12.1. The molecule has 146 valence electrons. The smallest absolute Gasteiger partial charge is 0.251 e. The Morgan fingerprint density at radius 3 is 2.52 bits per heavy atom. The highest BCUT2D eigenvalue weighted by molar-refractivity contribution is 6.30. The van der Waals surface area contributed by atoms with Crippen molar-refractivity contribution in [2.24, 2.45) is 0 Å². The first kappa shape index (κ1) is 19.2. The van der Waals surface area contributed by atoms with Gasteiger partial charge in [0, 0.05) is 29.5 Å². The molecule has 0 bridgehead atoms. The van der Waals surface area contributed by atoms with Gasteiger partial charge >= 0.3 is 0 Å². The number of nitrogens with zero attached hydrogens (tertiary/aromatic N) is 3. The Hall–Kier alpha value is -3.18. The molecule has 1 amide bonds. The second-order valence-corrected chi connectivity index (χ2v) is 7.28. The molecule has 2 aromatic carbocycles. The van der Waals surface area contributed by atoms with Gasteiger partial charge in [0.15, 0.2) is 0 Å². The largest absolute Gasteiger partial charge is 0.342 e. The summed E-state index contributed by atoms with van der Waals surface area (Å²) >= 11 is 6.04. The molecule has 0 saturated carbocycles. The average Bonchev–Trinajstić information content (AvgIpc) is 3.12. The molecule has 5 nitrogen and oxygen atoms in total. The van der Waals surface area contributed by atoms with E-state index in [4.69, 9.17) is 16.6 Å². The molecule has 2 heterocycles. The van der Waals surface area contributed by atoms with Crippen LogP contribution in [0.1, 0.15) is 41.1 Å². The number of hydrogen-bond acceptors (Lipinski definition) is 3. The van der Waals surface area contributed by atoms with Crippen molar-refractivity contribution >= 4 is 28.5 Å². The lowest BCUT2D eigenvalue weighted by Crippen LogP contribution is -2.30. The van der Waals surface area contributed by atoms with E-state index in [-0.39, 0.29) is 11.9 Å². The van der Waals surface area contributed by atoms with Crippen LogP contribution in [0.5, 0.6) is 0 Å². The minimum absolute atomic E-state index is 0.135. The van der Waals surface area contributed by atoms with Crippen molar-refractivity contribution in [1.82, 2.24) is 19.9 Å². The summed E-state index contributed by atoms with van der Waals surface area (Å²) in [5.41, 5.74) is 3.65. The molecule has 0 saturated heterocycles. The molecule has 1 N–H and O–H groups in total. The van der Waals surface area contributed by atoms with Gasteiger partial charge in [0.2, 0.25) is 0 Å². The van der Waals surface area contributed by atoms with E-state index in [1.165, 1.54) is 0 Å². The van der Waals surface area contributed by atoms with Gasteiger partial charge in [-0.05, 0) is 48.4 Å². The van der Waals surface area contributed by atoms with Crippen LogP contribution in [-0.4, -0.2) is 20.4 Å². The van der Waals surface area contributed by atoms with Crippen LogP contribution in [0.2, 0.25) is 5.02 Å². The third-order valence-electron chi connectivity index (χ3n) is 4.91. The van der Waals surface area contributed by atoms with Crippen LogP contribution in [0, 0.1) is 0 Å². The fourth-order valence-corrected chi connectivity index (χ4v) is 3.52. The van der Waals surface area contributed by atoms with Crippen molar-refractivity contribution in [2.75, 3.05) is 0 Å². The van der Waals surface area contributed by atoms with Gasteiger partial charge in [-0.3, -0.25) is 9.78 Å². The fraction of sp³-hybridized carbons (Fsp3) is 0.174. The maximum Gasteiger partial charge on any atom is 0.251 e. The van der Waals surface area contributed by atoms with Crippen molar-refractivity contribution in [3.05, 3.63) is 95.0 Å². The maximum atomic E-state index is 12.7. The zero-order valence-electron chi connectivity index (χ0n) is 16.0. The summed E-state index contributed by atoms with van der Waals surface area (Å²) in [7, 11) is 0. The van der Waals surface area contributed by atoms with E-state index in [1.807, 2.05) is 49.4 Å². The van der Waals surface area contributed by atoms with Crippen LogP contribution in [0.15, 0.2) is 73.1 Å². The molecule has 0 aliphatic rings. The molecule has 0 aliphatic carbocycles. The Balaban J connectivity index is 1.71. The number of hydrogen-bond donors (Lipinski definition) is 1. The number of pyridine rings is 1. The van der Waals surface area contributed by atoms with Gasteiger partial charge in [-0.2, -0.15) is 0 Å². The van der Waals surface area contributed by atoms with Gasteiger partial charge in [-0.25, -0.2) is 4.98 Å². The number of halogens is 1. The van der Waals surface area contributed by atoms with Gasteiger partial charge < -0.3 is 9.88 Å². The number of nitrogens with one attached hydrogen (secondary N) is 1. The summed E-state index contributed by atoms with van der Waals surface area (Å²) in [6.07, 6.45) is 3.96. The predicted molar refractivity (Wildman–Crippen MR) is 115 cm³/mol. The predicted octanol–water partition coefficient (Wildman–Crippen LogP) is 5.01. The second kappa shape index (κ2) is 8.45. The molecule has 0 spiro atoms. The highest BCUT2D eigenvalue weighted by Crippen LogP contribution is 2.25. The van der Waals surface area contributed by atoms with E-state index >= 15 is 0 Å². The summed E-state index contributed by atoms with van der Waals surface area (Å²) in [6.45, 7) is 2.69. The van der Waals surface area contributed by atoms with Gasteiger partial charge in [0.1, 0.15) is 5.82 Å². The molecule has 0 fully saturated rings. The van der Waals surface area contributed by atoms with Gasteiger partial charge in [0.25, 0.3) is 5.91 Å². The van der Waals surface area contributed by atoms with E-state index in [0.29, 0.717) is 17.1 Å². The van der Waals surface area contributed by atoms with Crippen LogP contribution < -0.4 is 5.32 Å². The maximum absolute atomic E-state index is 12.7. The van der Waals surface area contributed by atoms with E-state index in [1.54, 1.807) is 24.5 Å². The summed E-state index contributed by atoms with van der Waals surface area (Å²) in [5, 5.41) is 3.83. The lowest BCUT2D eigenvalue weighted by molar-refractivity contribution is 0.0933. The Labute approximate surface area is 174 Å². The molecule has 4 rings (SSSR count). The van der Waals surface area contributed by atoms with Crippen molar-refractivity contribution < 1.29 is 4.79 Å². The first-order valence-electron chi connectivity index (χ1n) is 9.56. The molecule has 0 aliphatic heterocycles. The highest BCUT2D eigenvalue weighted by Gasteiger charge is 2.21. The van der Waals surface area contributed by atoms with Crippen molar-refractivity contribution in [2.45, 2.75) is 25.9 Å². The van der Waals surface area contributed by atoms with Gasteiger partial charge in [-0.1, -0.05) is 42.8 Å². The zero-order chi connectivity index (χ0) is 20.2. The summed E-state index contributed by atoms with van der Waals surface area (Å²) in [4.78, 5) is 21.5. The number of imidazole rings is 1. The topological polar surface area (TPSA) is 59.8 Å². The van der Waals surface area contributed by atoms with E-state index in [2.05, 4.69) is 20.9 Å². The summed E-state index contributed by atoms with van der Waals surface area (Å²) < 4.78 is 2.17. The summed E-state index contributed by atoms with van der Waals surface area (Å²) in [6, 6.07) is 19.0. The number of carbonyl (C=O) groups is 1. The first-order valence-corrected chi connectivity index (χ1v) is 9.94. The Bertz CT molecular complexity index is 1120. The number of benzene rings is 2. The number of para-hydroxylation sites is 2. The standard InChI is InChI=1S/C23H21ClN4O/c1-2-19(27-23(29)17-11-13-25-14-12-17)22-26-20-5-3-4-6-21(20)28(22)15-16-7-9-18(24)10-8-16/h3-14,19H,2,15H2,1H3,(H,27,29). The average molecular weight is 405 g/mol. The van der Waals surface area contributed by atoms with E-state index in [0.717, 1.165) is 28.8 Å². The lowest BCUT2D eigenvalue weighted by Gasteiger charge is -2.19. The number of aromatic nitrogens is 3. The minimum Gasteiger partial charge on any atom is -0.342 e. The Kier molecular flexibility index (Phi) is 5.58. The third kappa shape index (κ3) is 4.15. The molecular formula is C23H21ClN4O. The molecule has 1 atom stereocenters. The molecule has 2 aromatic heterocycles. The monoisotopic (exact) mass is 404 g/mol. The highest BCUT2D eigenvalue weighted by atomic mass is 35.5. The second-order valence-electron chi connectivity index (χ2n) is 6.84. The Morgan fingerprint density at radius 2 is 1.79 bits per heavy atom. The molecule has 4 aromatic rings. The molecule has 0 radical (unpaired) electrons. The van der Waals surface area contributed by atoms with Crippen molar-refractivity contribution in [3.63, 3.8) is 0 Å². The molecule has 6 heteroatoms. The van der Waals surface area contributed by atoms with Crippen LogP contribution in [0.4, 0.5) is 0 Å². The minimum atomic E-state index is -0.213. The first-order chi connectivity index (χ1) is 14.2. The number of rotatable bonds is 6. The van der Waals surface area contributed by atoms with Gasteiger partial charge in [-0.15, -0.1) is 0 Å². The fourth-order valence-electron chi connectivity index (χ4n) is 3.39. The number of fused-ring (bicyclic) bond motifs is 1. The van der Waals surface area contributed by atoms with Gasteiger partial charge in [0.05, 0.1) is 17.1 Å². The lowest BCUT2D eigenvalue weighted by atomic mass is 10.1. The molecular weight excluding hydrogens is 384 g/mol. The van der Waals surface area contributed by atoms with Crippen LogP contribution in [0.25, 0.3) is 11.0 Å². The zero-order valence-corrected chi connectivity index (χ0v) is 16.8. The van der Waals surface area contributed by atoms with E-state index in [9.17, 15) is 4.79 Å². The van der Waals surface area contributed by atoms with Crippen molar-refractivity contribution in [3.8, 4) is 0 Å². The number of carbonyl (C=O) groups excluding carboxylic acids is 1. The van der Waals surface area contributed by atoms with Crippen molar-refractivity contribution in [1.29, 1.82) is 0 Å². The Morgan fingerprint density at radius 1 is 1.07 bits per heavy atom. The summed E-state index contributed by atoms with van der Waals surface area (Å²) in [5.74, 6) is 0.704. The molecule has 29 heavy (non-hydrogen) atoms. The third-order valence-corrected chi connectivity index (χ3v) is 5.16. The quantitative estimate of drug-likeness (QED) is 0.491. The van der Waals surface area contributed by atoms with E-state index < -0.39 is 0 Å². The number of amides is 1.